The minimum atomic E-state index is -0.269. The number of aryl methyl sites for hydroxylation is 2. The monoisotopic (exact) mass is 410 g/mol. The van der Waals surface area contributed by atoms with Crippen LogP contribution in [0.4, 0.5) is 0 Å². The summed E-state index contributed by atoms with van der Waals surface area (Å²) in [4.78, 5) is 0. The van der Waals surface area contributed by atoms with Gasteiger partial charge in [-0.2, -0.15) is 0 Å². The summed E-state index contributed by atoms with van der Waals surface area (Å²) in [6.07, 6.45) is -0.269. The summed E-state index contributed by atoms with van der Waals surface area (Å²) in [5, 5.41) is 0. The molecule has 0 aromatic heterocycles. The molecule has 0 amide bonds. The molecule has 2 aromatic carbocycles. The maximum absolute atomic E-state index is 6.04. The lowest BCUT2D eigenvalue weighted by atomic mass is 10.1. The highest BCUT2D eigenvalue weighted by Crippen LogP contribution is 2.29. The van der Waals surface area contributed by atoms with Crippen molar-refractivity contribution in [2.75, 3.05) is 13.2 Å². The Hall–Kier alpha value is -1.11. The van der Waals surface area contributed by atoms with Crippen LogP contribution in [0.5, 0.6) is 5.75 Å². The predicted octanol–water partition coefficient (Wildman–Crippen LogP) is 4.53. The van der Waals surface area contributed by atoms with Gasteiger partial charge in [-0.15, -0.1) is 0 Å². The van der Waals surface area contributed by atoms with Crippen LogP contribution in [0, 0.1) is 17.4 Å². The molecule has 22 heavy (non-hydrogen) atoms. The van der Waals surface area contributed by atoms with Crippen LogP contribution in [-0.4, -0.2) is 13.2 Å². The quantitative estimate of drug-likeness (QED) is 0.694. The lowest BCUT2D eigenvalue weighted by molar-refractivity contribution is -0.0451. The third-order valence-corrected chi connectivity index (χ3v) is 4.38. The molecule has 3 nitrogen and oxygen atoms in total. The molecular weight excluding hydrogens is 391 g/mol. The summed E-state index contributed by atoms with van der Waals surface area (Å²) in [6, 6.07) is 12.5. The molecule has 0 unspecified atom stereocenters. The third-order valence-electron chi connectivity index (χ3n) is 3.71. The van der Waals surface area contributed by atoms with Gasteiger partial charge in [-0.05, 0) is 71.3 Å². The normalized spacial score (nSPS) is 15.2. The Bertz CT molecular complexity index is 663. The molecule has 116 valence electrons. The number of benzene rings is 2. The van der Waals surface area contributed by atoms with Crippen molar-refractivity contribution >= 4 is 22.6 Å². The molecule has 1 aliphatic heterocycles. The maximum Gasteiger partial charge on any atom is 0.184 e. The minimum absolute atomic E-state index is 0.269. The highest BCUT2D eigenvalue weighted by molar-refractivity contribution is 14.1. The maximum atomic E-state index is 6.04. The van der Waals surface area contributed by atoms with E-state index < -0.39 is 0 Å². The molecule has 4 heteroatoms. The van der Waals surface area contributed by atoms with Crippen LogP contribution in [0.3, 0.4) is 0 Å². The first-order chi connectivity index (χ1) is 10.6. The van der Waals surface area contributed by atoms with Crippen LogP contribution < -0.4 is 4.74 Å². The van der Waals surface area contributed by atoms with E-state index in [-0.39, 0.29) is 6.29 Å². The average Bonchev–Trinajstić information content (AvgIpc) is 3.02. The minimum Gasteiger partial charge on any atom is -0.489 e. The fourth-order valence-electron chi connectivity index (χ4n) is 2.49. The molecular formula is C18H19IO3. The SMILES string of the molecule is Cc1ccc(C)c(OCc2cc(I)ccc2C2OCCO2)c1. The molecule has 1 fully saturated rings. The van der Waals surface area contributed by atoms with E-state index in [1.807, 2.05) is 0 Å². The van der Waals surface area contributed by atoms with Gasteiger partial charge in [0.25, 0.3) is 0 Å². The van der Waals surface area contributed by atoms with E-state index in [2.05, 4.69) is 72.8 Å². The Morgan fingerprint density at radius 1 is 1.09 bits per heavy atom. The Kier molecular flexibility index (Phi) is 5.00. The number of ether oxygens (including phenoxy) is 3. The molecule has 1 aliphatic rings. The zero-order valence-corrected chi connectivity index (χ0v) is 14.9. The number of halogens is 1. The van der Waals surface area contributed by atoms with Crippen LogP contribution >= 0.6 is 22.6 Å². The van der Waals surface area contributed by atoms with Crippen LogP contribution in [-0.2, 0) is 16.1 Å². The van der Waals surface area contributed by atoms with Gasteiger partial charge in [0, 0.05) is 9.13 Å². The molecule has 3 rings (SSSR count). The van der Waals surface area contributed by atoms with E-state index in [0.717, 1.165) is 22.4 Å². The van der Waals surface area contributed by atoms with E-state index in [1.54, 1.807) is 0 Å². The second-order valence-electron chi connectivity index (χ2n) is 5.47. The van der Waals surface area contributed by atoms with Gasteiger partial charge in [-0.25, -0.2) is 0 Å². The second kappa shape index (κ2) is 6.98. The molecule has 0 aliphatic carbocycles. The molecule has 0 atom stereocenters. The zero-order valence-electron chi connectivity index (χ0n) is 12.8. The first-order valence-corrected chi connectivity index (χ1v) is 8.43. The van der Waals surface area contributed by atoms with Gasteiger partial charge in [0.05, 0.1) is 13.2 Å². The fraction of sp³-hybridized carbons (Fsp3) is 0.333. The van der Waals surface area contributed by atoms with Gasteiger partial charge in [-0.1, -0.05) is 18.2 Å². The summed E-state index contributed by atoms with van der Waals surface area (Å²) in [7, 11) is 0. The number of hydrogen-bond acceptors (Lipinski definition) is 3. The van der Waals surface area contributed by atoms with Crippen LogP contribution in [0.2, 0.25) is 0 Å². The number of hydrogen-bond donors (Lipinski definition) is 0. The van der Waals surface area contributed by atoms with E-state index in [4.69, 9.17) is 14.2 Å². The van der Waals surface area contributed by atoms with Gasteiger partial charge in [0.15, 0.2) is 6.29 Å². The van der Waals surface area contributed by atoms with E-state index in [0.29, 0.717) is 19.8 Å². The van der Waals surface area contributed by atoms with Crippen molar-refractivity contribution in [3.63, 3.8) is 0 Å². The van der Waals surface area contributed by atoms with Crippen molar-refractivity contribution in [3.05, 3.63) is 62.2 Å². The standard InChI is InChI=1S/C18H19IO3/c1-12-3-4-13(2)17(9-12)22-11-14-10-15(19)5-6-16(14)18-20-7-8-21-18/h3-6,9-10,18H,7-8,11H2,1-2H3. The Morgan fingerprint density at radius 3 is 2.64 bits per heavy atom. The Morgan fingerprint density at radius 2 is 1.86 bits per heavy atom. The smallest absolute Gasteiger partial charge is 0.184 e. The fourth-order valence-corrected chi connectivity index (χ4v) is 3.04. The topological polar surface area (TPSA) is 27.7 Å². The summed E-state index contributed by atoms with van der Waals surface area (Å²) >= 11 is 2.31. The summed E-state index contributed by atoms with van der Waals surface area (Å²) in [6.45, 7) is 5.94. The highest BCUT2D eigenvalue weighted by atomic mass is 127. The third kappa shape index (κ3) is 3.62. The van der Waals surface area contributed by atoms with Gasteiger partial charge < -0.3 is 14.2 Å². The largest absolute Gasteiger partial charge is 0.489 e. The van der Waals surface area contributed by atoms with Crippen molar-refractivity contribution in [3.8, 4) is 5.75 Å². The van der Waals surface area contributed by atoms with E-state index in [9.17, 15) is 0 Å². The lowest BCUT2D eigenvalue weighted by Crippen LogP contribution is -2.07. The first kappa shape index (κ1) is 15.8. The van der Waals surface area contributed by atoms with Crippen molar-refractivity contribution in [1.29, 1.82) is 0 Å². The molecule has 2 aromatic rings. The molecule has 0 saturated carbocycles. The summed E-state index contributed by atoms with van der Waals surface area (Å²) in [5.74, 6) is 0.929. The average molecular weight is 410 g/mol. The molecule has 0 radical (unpaired) electrons. The molecule has 1 saturated heterocycles. The Labute approximate surface area is 144 Å². The second-order valence-corrected chi connectivity index (χ2v) is 6.72. The van der Waals surface area contributed by atoms with Gasteiger partial charge >= 0.3 is 0 Å². The zero-order chi connectivity index (χ0) is 15.5. The van der Waals surface area contributed by atoms with Crippen LogP contribution in [0.25, 0.3) is 0 Å². The molecule has 0 spiro atoms. The highest BCUT2D eigenvalue weighted by Gasteiger charge is 2.21. The summed E-state index contributed by atoms with van der Waals surface area (Å²) in [5.41, 5.74) is 4.51. The molecule has 0 bridgehead atoms. The van der Waals surface area contributed by atoms with Crippen molar-refractivity contribution in [2.24, 2.45) is 0 Å². The number of rotatable bonds is 4. The van der Waals surface area contributed by atoms with Crippen LogP contribution in [0.15, 0.2) is 36.4 Å². The van der Waals surface area contributed by atoms with Crippen molar-refractivity contribution < 1.29 is 14.2 Å². The molecule has 0 N–H and O–H groups in total. The Balaban J connectivity index is 1.82. The van der Waals surface area contributed by atoms with Crippen molar-refractivity contribution in [1.82, 2.24) is 0 Å². The van der Waals surface area contributed by atoms with Gasteiger partial charge in [-0.3, -0.25) is 0 Å². The van der Waals surface area contributed by atoms with Crippen molar-refractivity contribution in [2.45, 2.75) is 26.7 Å². The first-order valence-electron chi connectivity index (χ1n) is 7.35. The lowest BCUT2D eigenvalue weighted by Gasteiger charge is -2.16. The predicted molar refractivity (Wildman–Crippen MR) is 94.1 cm³/mol. The molecule has 1 heterocycles. The van der Waals surface area contributed by atoms with Gasteiger partial charge in [0.1, 0.15) is 12.4 Å². The van der Waals surface area contributed by atoms with Crippen LogP contribution in [0.1, 0.15) is 28.5 Å². The van der Waals surface area contributed by atoms with E-state index >= 15 is 0 Å². The summed E-state index contributed by atoms with van der Waals surface area (Å²) < 4.78 is 18.5. The van der Waals surface area contributed by atoms with E-state index in [1.165, 1.54) is 9.13 Å². The van der Waals surface area contributed by atoms with Gasteiger partial charge in [0.2, 0.25) is 0 Å².